The molecular formula is C28H21BrO6. The van der Waals surface area contributed by atoms with Crippen LogP contribution < -0.4 is 0 Å². The first-order valence-electron chi connectivity index (χ1n) is 10.8. The molecule has 0 heterocycles. The van der Waals surface area contributed by atoms with Gasteiger partial charge in [-0.1, -0.05) is 54.6 Å². The van der Waals surface area contributed by atoms with Gasteiger partial charge < -0.3 is 30.6 Å². The molecule has 0 bridgehead atoms. The Hall–Kier alpha value is -4.10. The summed E-state index contributed by atoms with van der Waals surface area (Å²) in [5, 5.41) is 65.5. The average Bonchev–Trinajstić information content (AvgIpc) is 2.88. The summed E-state index contributed by atoms with van der Waals surface area (Å²) in [5.74, 6) is -3.40. The number of phenolic OH excluding ortho intramolecular Hbond substituents is 6. The summed E-state index contributed by atoms with van der Waals surface area (Å²) < 4.78 is 0.141. The molecule has 176 valence electrons. The van der Waals surface area contributed by atoms with E-state index in [1.807, 2.05) is 42.5 Å². The summed E-state index contributed by atoms with van der Waals surface area (Å²) in [4.78, 5) is 0. The van der Waals surface area contributed by atoms with Gasteiger partial charge in [0.05, 0.1) is 0 Å². The van der Waals surface area contributed by atoms with E-state index in [4.69, 9.17) is 0 Å². The lowest BCUT2D eigenvalue weighted by atomic mass is 9.85. The van der Waals surface area contributed by atoms with Gasteiger partial charge in [-0.15, -0.1) is 0 Å². The van der Waals surface area contributed by atoms with E-state index in [9.17, 15) is 30.6 Å². The summed E-state index contributed by atoms with van der Waals surface area (Å²) in [5.41, 5.74) is 3.32. The van der Waals surface area contributed by atoms with Crippen LogP contribution in [0.25, 0.3) is 43.8 Å². The molecule has 0 aliphatic rings. The summed E-state index contributed by atoms with van der Waals surface area (Å²) >= 11 is 3.41. The van der Waals surface area contributed by atoms with Crippen molar-refractivity contribution < 1.29 is 30.6 Å². The summed E-state index contributed by atoms with van der Waals surface area (Å²) in [6.07, 6.45) is 0. The molecule has 0 spiro atoms. The van der Waals surface area contributed by atoms with Gasteiger partial charge in [-0.2, -0.15) is 0 Å². The molecule has 0 aliphatic carbocycles. The van der Waals surface area contributed by atoms with E-state index >= 15 is 0 Å². The Balaban J connectivity index is 2.16. The monoisotopic (exact) mass is 532 g/mol. The quantitative estimate of drug-likeness (QED) is 0.0831. The van der Waals surface area contributed by atoms with Crippen LogP contribution in [0.4, 0.5) is 0 Å². The molecule has 5 aromatic rings. The lowest BCUT2D eigenvalue weighted by Gasteiger charge is -2.22. The normalized spacial score (nSPS) is 11.4. The van der Waals surface area contributed by atoms with Crippen molar-refractivity contribution in [3.05, 3.63) is 70.2 Å². The van der Waals surface area contributed by atoms with Gasteiger partial charge in [0.25, 0.3) is 0 Å². The first-order chi connectivity index (χ1) is 16.7. The van der Waals surface area contributed by atoms with Crippen molar-refractivity contribution in [3.8, 4) is 56.8 Å². The Morgan fingerprint density at radius 2 is 0.914 bits per heavy atom. The zero-order valence-electron chi connectivity index (χ0n) is 18.8. The second-order valence-electron chi connectivity index (χ2n) is 8.44. The average molecular weight is 533 g/mol. The lowest BCUT2D eigenvalue weighted by Crippen LogP contribution is -1.95. The molecule has 7 heteroatoms. The maximum absolute atomic E-state index is 11.3. The number of aromatic hydroxyl groups is 6. The number of phenols is 6. The first-order valence-corrected chi connectivity index (χ1v) is 11.6. The molecule has 0 unspecified atom stereocenters. The maximum Gasteiger partial charge on any atom is 0.204 e. The number of rotatable bonds is 2. The van der Waals surface area contributed by atoms with E-state index in [-0.39, 0.29) is 43.1 Å². The van der Waals surface area contributed by atoms with Crippen LogP contribution in [-0.2, 0) is 0 Å². The molecule has 5 rings (SSSR count). The van der Waals surface area contributed by atoms with Crippen LogP contribution in [-0.4, -0.2) is 30.6 Å². The fourth-order valence-corrected chi connectivity index (χ4v) is 5.44. The molecule has 0 aliphatic heterocycles. The number of hydrogen-bond acceptors (Lipinski definition) is 6. The third kappa shape index (κ3) is 3.08. The van der Waals surface area contributed by atoms with Crippen LogP contribution >= 0.6 is 15.9 Å². The van der Waals surface area contributed by atoms with Crippen molar-refractivity contribution in [2.24, 2.45) is 0 Å². The molecule has 0 saturated heterocycles. The Morgan fingerprint density at radius 3 is 1.51 bits per heavy atom. The van der Waals surface area contributed by atoms with Crippen molar-refractivity contribution in [1.82, 2.24) is 0 Å². The molecule has 0 saturated carbocycles. The van der Waals surface area contributed by atoms with Crippen LogP contribution in [0.2, 0.25) is 0 Å². The molecule has 0 amide bonds. The smallest absolute Gasteiger partial charge is 0.204 e. The van der Waals surface area contributed by atoms with E-state index in [1.54, 1.807) is 26.0 Å². The fraction of sp³-hybridized carbons (Fsp3) is 0.0714. The number of fused-ring (bicyclic) bond motifs is 2. The summed E-state index contributed by atoms with van der Waals surface area (Å²) in [7, 11) is 0. The number of hydrogen-bond donors (Lipinski definition) is 6. The van der Waals surface area contributed by atoms with Crippen molar-refractivity contribution in [3.63, 3.8) is 0 Å². The highest BCUT2D eigenvalue weighted by molar-refractivity contribution is 9.10. The van der Waals surface area contributed by atoms with Gasteiger partial charge in [0.15, 0.2) is 11.5 Å². The Bertz CT molecular complexity index is 1590. The maximum atomic E-state index is 11.3. The number of benzene rings is 5. The highest BCUT2D eigenvalue weighted by Gasteiger charge is 2.30. The summed E-state index contributed by atoms with van der Waals surface area (Å²) in [6.45, 7) is 3.32. The minimum atomic E-state index is -0.898. The van der Waals surface area contributed by atoms with Crippen LogP contribution in [0.5, 0.6) is 34.5 Å². The minimum absolute atomic E-state index is 0.00138. The SMILES string of the molecule is Cc1c(C)c(O)c2c(-c3ccccc3-c3ccccc3)c3c(O)c(O)c(O)c(O)c3c(Br)c2c1O. The second-order valence-corrected chi connectivity index (χ2v) is 9.24. The van der Waals surface area contributed by atoms with Gasteiger partial charge in [0, 0.05) is 31.6 Å². The minimum Gasteiger partial charge on any atom is -0.507 e. The highest BCUT2D eigenvalue weighted by Crippen LogP contribution is 2.59. The standard InChI is InChI=1S/C28H21BrO6/c1-12-13(2)24(31)20-18(23(12)30)17(16-11-7-6-10-15(16)14-8-4-3-5-9-14)19-21(22(20)29)26(33)28(35)27(34)25(19)32/h3-11,30-35H,1-2H3. The van der Waals surface area contributed by atoms with Gasteiger partial charge in [0.2, 0.25) is 11.5 Å². The van der Waals surface area contributed by atoms with Crippen molar-refractivity contribution in [2.75, 3.05) is 0 Å². The van der Waals surface area contributed by atoms with Crippen LogP contribution in [0.1, 0.15) is 11.1 Å². The lowest BCUT2D eigenvalue weighted by molar-refractivity contribution is 0.351. The van der Waals surface area contributed by atoms with E-state index in [0.717, 1.165) is 11.1 Å². The van der Waals surface area contributed by atoms with Crippen molar-refractivity contribution >= 4 is 37.5 Å². The molecule has 0 radical (unpaired) electrons. The Kier molecular flexibility index (Phi) is 5.18. The van der Waals surface area contributed by atoms with E-state index in [1.165, 1.54) is 0 Å². The molecule has 35 heavy (non-hydrogen) atoms. The predicted octanol–water partition coefficient (Wildman–Crippen LogP) is 6.94. The largest absolute Gasteiger partial charge is 0.507 e. The molecular weight excluding hydrogens is 512 g/mol. The van der Waals surface area contributed by atoms with Gasteiger partial charge in [-0.25, -0.2) is 0 Å². The Morgan fingerprint density at radius 1 is 0.486 bits per heavy atom. The van der Waals surface area contributed by atoms with Gasteiger partial charge in [-0.3, -0.25) is 0 Å². The highest BCUT2D eigenvalue weighted by atomic mass is 79.9. The van der Waals surface area contributed by atoms with E-state index in [0.29, 0.717) is 16.7 Å². The molecule has 5 aromatic carbocycles. The van der Waals surface area contributed by atoms with Crippen LogP contribution in [0.3, 0.4) is 0 Å². The number of halogens is 1. The third-order valence-corrected chi connectivity index (χ3v) is 7.41. The van der Waals surface area contributed by atoms with Crippen molar-refractivity contribution in [2.45, 2.75) is 13.8 Å². The molecule has 6 N–H and O–H groups in total. The second kappa shape index (κ2) is 7.99. The van der Waals surface area contributed by atoms with Crippen LogP contribution in [0.15, 0.2) is 59.1 Å². The van der Waals surface area contributed by atoms with E-state index in [2.05, 4.69) is 15.9 Å². The zero-order chi connectivity index (χ0) is 25.2. The first kappa shape index (κ1) is 22.7. The topological polar surface area (TPSA) is 121 Å². The van der Waals surface area contributed by atoms with Gasteiger partial charge in [0.1, 0.15) is 11.5 Å². The van der Waals surface area contributed by atoms with Crippen LogP contribution in [0, 0.1) is 13.8 Å². The van der Waals surface area contributed by atoms with E-state index < -0.39 is 23.0 Å². The molecule has 6 nitrogen and oxygen atoms in total. The zero-order valence-corrected chi connectivity index (χ0v) is 20.3. The third-order valence-electron chi connectivity index (χ3n) is 6.61. The van der Waals surface area contributed by atoms with Crippen molar-refractivity contribution in [1.29, 1.82) is 0 Å². The Labute approximate surface area is 208 Å². The molecule has 0 atom stereocenters. The fourth-order valence-electron chi connectivity index (χ4n) is 4.67. The van der Waals surface area contributed by atoms with Gasteiger partial charge >= 0.3 is 0 Å². The summed E-state index contributed by atoms with van der Waals surface area (Å²) in [6, 6.07) is 16.8. The molecule has 0 aromatic heterocycles. The van der Waals surface area contributed by atoms with Gasteiger partial charge in [-0.05, 0) is 57.6 Å². The molecule has 0 fully saturated rings. The predicted molar refractivity (Wildman–Crippen MR) is 139 cm³/mol.